The Morgan fingerprint density at radius 2 is 2.00 bits per heavy atom. The maximum atomic E-state index is 12.3. The molecule has 1 amide bonds. The Hall–Kier alpha value is -1.71. The molecular weight excluding hydrogens is 499 g/mol. The van der Waals surface area contributed by atoms with Crippen LogP contribution in [0.4, 0.5) is 5.69 Å². The summed E-state index contributed by atoms with van der Waals surface area (Å²) in [4.78, 5) is 17.4. The monoisotopic (exact) mass is 514 g/mol. The largest absolute Gasteiger partial charge is 0.493 e. The van der Waals surface area contributed by atoms with Crippen LogP contribution in [0.25, 0.3) is 6.08 Å². The minimum Gasteiger partial charge on any atom is -0.493 e. The Kier molecular flexibility index (Phi) is 6.33. The topological polar surface area (TPSA) is 59.9 Å². The summed E-state index contributed by atoms with van der Waals surface area (Å²) in [5.41, 5.74) is 2.55. The molecule has 1 N–H and O–H groups in total. The molecule has 27 heavy (non-hydrogen) atoms. The number of ether oxygens (including phenoxy) is 2. The number of hydrogen-bond donors (Lipinski definition) is 1. The van der Waals surface area contributed by atoms with Crippen molar-refractivity contribution in [2.75, 3.05) is 14.2 Å². The molecule has 140 valence electrons. The van der Waals surface area contributed by atoms with E-state index in [2.05, 4.69) is 32.9 Å². The van der Waals surface area contributed by atoms with Gasteiger partial charge in [-0.2, -0.15) is 0 Å². The highest BCUT2D eigenvalue weighted by molar-refractivity contribution is 14.1. The zero-order valence-corrected chi connectivity index (χ0v) is 18.5. The van der Waals surface area contributed by atoms with Crippen molar-refractivity contribution in [1.29, 1.82) is 0 Å². The highest BCUT2D eigenvalue weighted by Gasteiger charge is 2.24. The Balaban J connectivity index is 1.91. The van der Waals surface area contributed by atoms with Crippen LogP contribution < -0.4 is 14.8 Å². The Morgan fingerprint density at radius 3 is 2.70 bits per heavy atom. The molecule has 5 nitrogen and oxygen atoms in total. The number of amidine groups is 1. The van der Waals surface area contributed by atoms with Crippen molar-refractivity contribution in [3.63, 3.8) is 0 Å². The average Bonchev–Trinajstić information content (AvgIpc) is 2.96. The van der Waals surface area contributed by atoms with Crippen molar-refractivity contribution >= 4 is 68.8 Å². The van der Waals surface area contributed by atoms with E-state index in [1.807, 2.05) is 31.2 Å². The molecule has 0 unspecified atom stereocenters. The number of aliphatic imine (C=N–C) groups is 1. The maximum absolute atomic E-state index is 12.3. The van der Waals surface area contributed by atoms with Gasteiger partial charge in [-0.3, -0.25) is 4.79 Å². The van der Waals surface area contributed by atoms with Gasteiger partial charge in [-0.25, -0.2) is 4.99 Å². The van der Waals surface area contributed by atoms with Gasteiger partial charge in [0, 0.05) is 5.02 Å². The van der Waals surface area contributed by atoms with Gasteiger partial charge in [0.25, 0.3) is 5.91 Å². The number of methoxy groups -OCH3 is 2. The number of thioether (sulfide) groups is 1. The van der Waals surface area contributed by atoms with Gasteiger partial charge in [0.1, 0.15) is 0 Å². The fourth-order valence-electron chi connectivity index (χ4n) is 2.47. The summed E-state index contributed by atoms with van der Waals surface area (Å²) in [6.45, 7) is 1.94. The summed E-state index contributed by atoms with van der Waals surface area (Å²) >= 11 is 9.50. The number of nitrogens with zero attached hydrogens (tertiary/aromatic N) is 1. The zero-order chi connectivity index (χ0) is 19.6. The second-order valence-corrected chi connectivity index (χ2v) is 8.28. The van der Waals surface area contributed by atoms with E-state index in [1.165, 1.54) is 11.8 Å². The van der Waals surface area contributed by atoms with E-state index < -0.39 is 0 Å². The molecule has 1 fully saturated rings. The first-order valence-corrected chi connectivity index (χ1v) is 10.2. The number of nitrogens with one attached hydrogen (secondary N) is 1. The van der Waals surface area contributed by atoms with E-state index in [9.17, 15) is 4.79 Å². The summed E-state index contributed by atoms with van der Waals surface area (Å²) in [6, 6.07) is 9.24. The molecule has 0 spiro atoms. The molecule has 0 radical (unpaired) electrons. The zero-order valence-electron chi connectivity index (χ0n) is 14.8. The number of amides is 1. The lowest BCUT2D eigenvalue weighted by Crippen LogP contribution is -2.19. The highest BCUT2D eigenvalue weighted by Crippen LogP contribution is 2.36. The molecule has 1 heterocycles. The normalized spacial score (nSPS) is 16.7. The van der Waals surface area contributed by atoms with E-state index in [0.717, 1.165) is 20.4 Å². The van der Waals surface area contributed by atoms with Crippen LogP contribution in [0.1, 0.15) is 11.1 Å². The average molecular weight is 515 g/mol. The van der Waals surface area contributed by atoms with Crippen molar-refractivity contribution in [3.05, 3.63) is 55.0 Å². The SMILES string of the molecule is COc1cc(/C=C2\SC(=Nc3cc(Cl)ccc3C)NC2=O)cc(I)c1OC. The number of aryl methyl sites for hydroxylation is 1. The van der Waals surface area contributed by atoms with Gasteiger partial charge in [-0.05, 0) is 82.7 Å². The van der Waals surface area contributed by atoms with Crippen molar-refractivity contribution in [2.45, 2.75) is 6.92 Å². The molecule has 0 bridgehead atoms. The van der Waals surface area contributed by atoms with Crippen LogP contribution in [0.2, 0.25) is 5.02 Å². The van der Waals surface area contributed by atoms with E-state index in [-0.39, 0.29) is 5.91 Å². The second kappa shape index (κ2) is 8.53. The molecule has 1 aliphatic rings. The van der Waals surface area contributed by atoms with E-state index in [0.29, 0.717) is 26.6 Å². The summed E-state index contributed by atoms with van der Waals surface area (Å²) in [5, 5.41) is 3.91. The second-order valence-electron chi connectivity index (χ2n) is 5.65. The van der Waals surface area contributed by atoms with Gasteiger partial charge in [-0.15, -0.1) is 0 Å². The Bertz CT molecular complexity index is 976. The molecule has 2 aromatic carbocycles. The molecule has 3 rings (SSSR count). The molecule has 1 aliphatic heterocycles. The van der Waals surface area contributed by atoms with Gasteiger partial charge < -0.3 is 14.8 Å². The van der Waals surface area contributed by atoms with Gasteiger partial charge in [0.2, 0.25) is 0 Å². The molecule has 1 saturated heterocycles. The van der Waals surface area contributed by atoms with Crippen LogP contribution in [0.3, 0.4) is 0 Å². The van der Waals surface area contributed by atoms with Crippen molar-refractivity contribution in [3.8, 4) is 11.5 Å². The van der Waals surface area contributed by atoms with Crippen molar-refractivity contribution in [1.82, 2.24) is 5.32 Å². The maximum Gasteiger partial charge on any atom is 0.264 e. The van der Waals surface area contributed by atoms with Crippen LogP contribution in [-0.4, -0.2) is 25.3 Å². The summed E-state index contributed by atoms with van der Waals surface area (Å²) in [5.74, 6) is 1.09. The third-order valence-corrected chi connectivity index (χ3v) is 5.74. The molecule has 0 aromatic heterocycles. The van der Waals surface area contributed by atoms with E-state index in [1.54, 1.807) is 26.4 Å². The minimum absolute atomic E-state index is 0.191. The lowest BCUT2D eigenvalue weighted by atomic mass is 10.2. The van der Waals surface area contributed by atoms with E-state index >= 15 is 0 Å². The molecular formula is C19H16ClIN2O3S. The predicted molar refractivity (Wildman–Crippen MR) is 119 cm³/mol. The van der Waals surface area contributed by atoms with Gasteiger partial charge in [0.15, 0.2) is 16.7 Å². The molecule has 2 aromatic rings. The third-order valence-electron chi connectivity index (χ3n) is 3.80. The summed E-state index contributed by atoms with van der Waals surface area (Å²) in [7, 11) is 3.18. The molecule has 0 atom stereocenters. The lowest BCUT2D eigenvalue weighted by molar-refractivity contribution is -0.115. The number of hydrogen-bond acceptors (Lipinski definition) is 5. The van der Waals surface area contributed by atoms with Crippen molar-refractivity contribution in [2.24, 2.45) is 4.99 Å². The van der Waals surface area contributed by atoms with Gasteiger partial charge in [-0.1, -0.05) is 17.7 Å². The standard InChI is InChI=1S/C19H16ClIN2O3S/c1-10-4-5-12(20)9-14(10)22-19-23-18(24)16(27-19)8-11-6-13(21)17(26-3)15(7-11)25-2/h4-9H,1-3H3,(H,22,23,24)/b16-8-. The third kappa shape index (κ3) is 4.59. The Labute approximate surface area is 180 Å². The summed E-state index contributed by atoms with van der Waals surface area (Å²) in [6.07, 6.45) is 1.80. The Morgan fingerprint density at radius 1 is 1.22 bits per heavy atom. The van der Waals surface area contributed by atoms with Crippen molar-refractivity contribution < 1.29 is 14.3 Å². The number of halogens is 2. The van der Waals surface area contributed by atoms with Crippen LogP contribution >= 0.6 is 46.0 Å². The fraction of sp³-hybridized carbons (Fsp3) is 0.158. The van der Waals surface area contributed by atoms with Crippen LogP contribution in [-0.2, 0) is 4.79 Å². The van der Waals surface area contributed by atoms with Gasteiger partial charge >= 0.3 is 0 Å². The first-order chi connectivity index (χ1) is 12.9. The minimum atomic E-state index is -0.191. The molecule has 0 aliphatic carbocycles. The smallest absolute Gasteiger partial charge is 0.264 e. The number of rotatable bonds is 4. The lowest BCUT2D eigenvalue weighted by Gasteiger charge is -2.10. The van der Waals surface area contributed by atoms with Crippen LogP contribution in [0.5, 0.6) is 11.5 Å². The number of benzene rings is 2. The first-order valence-electron chi connectivity index (χ1n) is 7.88. The fourth-order valence-corrected chi connectivity index (χ4v) is 4.31. The highest BCUT2D eigenvalue weighted by atomic mass is 127. The van der Waals surface area contributed by atoms with Crippen LogP contribution in [0.15, 0.2) is 40.2 Å². The van der Waals surface area contributed by atoms with Crippen LogP contribution in [0, 0.1) is 10.5 Å². The quantitative estimate of drug-likeness (QED) is 0.452. The predicted octanol–water partition coefficient (Wildman–Crippen LogP) is 5.16. The number of carbonyl (C=O) groups excluding carboxylic acids is 1. The van der Waals surface area contributed by atoms with E-state index in [4.69, 9.17) is 21.1 Å². The molecule has 8 heteroatoms. The summed E-state index contributed by atoms with van der Waals surface area (Å²) < 4.78 is 11.6. The first kappa shape index (κ1) is 20.0. The molecule has 0 saturated carbocycles. The number of carbonyl (C=O) groups is 1. The van der Waals surface area contributed by atoms with Gasteiger partial charge in [0.05, 0.1) is 28.4 Å².